The second kappa shape index (κ2) is 8.53. The summed E-state index contributed by atoms with van der Waals surface area (Å²) in [5.41, 5.74) is 14.0. The fourth-order valence-electron chi connectivity index (χ4n) is 5.61. The molecule has 0 unspecified atom stereocenters. The molecule has 0 saturated carbocycles. The lowest BCUT2D eigenvalue weighted by atomic mass is 9.81. The molecule has 0 saturated heterocycles. The van der Waals surface area contributed by atoms with Gasteiger partial charge in [-0.1, -0.05) is 104 Å². The van der Waals surface area contributed by atoms with E-state index in [-0.39, 0.29) is 5.41 Å². The summed E-state index contributed by atoms with van der Waals surface area (Å²) in [6, 6.07) is 42.2. The summed E-state index contributed by atoms with van der Waals surface area (Å²) in [5, 5.41) is 0. The van der Waals surface area contributed by atoms with Crippen molar-refractivity contribution < 1.29 is 0 Å². The lowest BCUT2D eigenvalue weighted by Crippen LogP contribution is -2.17. The minimum Gasteiger partial charge on any atom is -0.310 e. The van der Waals surface area contributed by atoms with Crippen molar-refractivity contribution in [3.63, 3.8) is 0 Å². The molecule has 0 fully saturated rings. The van der Waals surface area contributed by atoms with E-state index in [4.69, 9.17) is 0 Å². The van der Waals surface area contributed by atoms with Gasteiger partial charge in [0.2, 0.25) is 0 Å². The molecule has 5 aromatic carbocycles. The monoisotopic (exact) mass is 465 g/mol. The van der Waals surface area contributed by atoms with Crippen LogP contribution in [0.5, 0.6) is 0 Å². The fourth-order valence-corrected chi connectivity index (χ4v) is 5.61. The summed E-state index contributed by atoms with van der Waals surface area (Å²) in [6.45, 7) is 9.00. The summed E-state index contributed by atoms with van der Waals surface area (Å²) in [4.78, 5) is 2.39. The van der Waals surface area contributed by atoms with Gasteiger partial charge < -0.3 is 4.90 Å². The molecule has 0 bridgehead atoms. The number of hydrogen-bond acceptors (Lipinski definition) is 1. The SMILES string of the molecule is Cc1ccc(N(c2ccc(C)cc2)c2cc(-c3ccccc3)c3c(c2)C(C)(C)c2ccccc2-3)cc1. The smallest absolute Gasteiger partial charge is 0.0471 e. The Labute approximate surface area is 214 Å². The van der Waals surface area contributed by atoms with Gasteiger partial charge in [-0.2, -0.15) is 0 Å². The fraction of sp³-hybridized carbons (Fsp3) is 0.143. The molecule has 5 aromatic rings. The van der Waals surface area contributed by atoms with Crippen molar-refractivity contribution in [1.29, 1.82) is 0 Å². The van der Waals surface area contributed by atoms with Crippen LogP contribution in [0.25, 0.3) is 22.3 Å². The molecular weight excluding hydrogens is 434 g/mol. The zero-order valence-corrected chi connectivity index (χ0v) is 21.4. The Hall–Kier alpha value is -4.10. The molecule has 0 aliphatic heterocycles. The van der Waals surface area contributed by atoms with Crippen LogP contribution >= 0.6 is 0 Å². The number of fused-ring (bicyclic) bond motifs is 3. The van der Waals surface area contributed by atoms with E-state index in [0.29, 0.717) is 0 Å². The van der Waals surface area contributed by atoms with E-state index in [1.54, 1.807) is 0 Å². The van der Waals surface area contributed by atoms with Crippen LogP contribution in [0.2, 0.25) is 0 Å². The van der Waals surface area contributed by atoms with Gasteiger partial charge in [0, 0.05) is 22.5 Å². The second-order valence-electron chi connectivity index (χ2n) is 10.5. The van der Waals surface area contributed by atoms with Crippen molar-refractivity contribution in [2.24, 2.45) is 0 Å². The first-order valence-corrected chi connectivity index (χ1v) is 12.7. The number of aryl methyl sites for hydroxylation is 2. The van der Waals surface area contributed by atoms with Crippen molar-refractivity contribution in [3.8, 4) is 22.3 Å². The van der Waals surface area contributed by atoms with Crippen LogP contribution in [0.1, 0.15) is 36.1 Å². The molecule has 0 aromatic heterocycles. The average Bonchev–Trinajstić information content (AvgIpc) is 3.13. The maximum absolute atomic E-state index is 2.42. The Kier molecular flexibility index (Phi) is 5.30. The normalized spacial score (nSPS) is 13.2. The zero-order chi connectivity index (χ0) is 24.9. The number of benzene rings is 5. The predicted molar refractivity (Wildman–Crippen MR) is 154 cm³/mol. The van der Waals surface area contributed by atoms with Crippen LogP contribution in [-0.2, 0) is 5.41 Å². The topological polar surface area (TPSA) is 3.24 Å². The summed E-state index contributed by atoms with van der Waals surface area (Å²) in [7, 11) is 0. The van der Waals surface area contributed by atoms with Gasteiger partial charge in [-0.05, 0) is 83.6 Å². The lowest BCUT2D eigenvalue weighted by molar-refractivity contribution is 0.660. The molecule has 0 spiro atoms. The van der Waals surface area contributed by atoms with Crippen LogP contribution in [0, 0.1) is 13.8 Å². The highest BCUT2D eigenvalue weighted by atomic mass is 15.1. The summed E-state index contributed by atoms with van der Waals surface area (Å²) in [6.07, 6.45) is 0. The highest BCUT2D eigenvalue weighted by Gasteiger charge is 2.37. The highest BCUT2D eigenvalue weighted by molar-refractivity contribution is 5.96. The van der Waals surface area contributed by atoms with Crippen molar-refractivity contribution in [2.45, 2.75) is 33.1 Å². The first-order valence-electron chi connectivity index (χ1n) is 12.7. The van der Waals surface area contributed by atoms with Gasteiger partial charge in [-0.25, -0.2) is 0 Å². The van der Waals surface area contributed by atoms with Gasteiger partial charge in [-0.3, -0.25) is 0 Å². The summed E-state index contributed by atoms with van der Waals surface area (Å²) >= 11 is 0. The largest absolute Gasteiger partial charge is 0.310 e. The third-order valence-corrected chi connectivity index (χ3v) is 7.59. The Morgan fingerprint density at radius 3 is 1.67 bits per heavy atom. The maximum Gasteiger partial charge on any atom is 0.0471 e. The van der Waals surface area contributed by atoms with Crippen LogP contribution < -0.4 is 4.90 Å². The molecule has 0 radical (unpaired) electrons. The van der Waals surface area contributed by atoms with Crippen LogP contribution in [0.3, 0.4) is 0 Å². The Bertz CT molecular complexity index is 1500. The number of hydrogen-bond donors (Lipinski definition) is 0. The number of anilines is 3. The molecule has 0 atom stereocenters. The molecule has 1 heteroatoms. The number of rotatable bonds is 4. The third kappa shape index (κ3) is 3.63. The Balaban J connectivity index is 1.66. The van der Waals surface area contributed by atoms with Gasteiger partial charge in [0.05, 0.1) is 0 Å². The quantitative estimate of drug-likeness (QED) is 0.255. The van der Waals surface area contributed by atoms with Crippen LogP contribution in [-0.4, -0.2) is 0 Å². The van der Waals surface area contributed by atoms with Gasteiger partial charge in [0.25, 0.3) is 0 Å². The molecule has 0 amide bonds. The minimum atomic E-state index is -0.0856. The van der Waals surface area contributed by atoms with E-state index in [0.717, 1.165) is 11.4 Å². The molecule has 1 aliphatic rings. The maximum atomic E-state index is 2.42. The first kappa shape index (κ1) is 22.4. The highest BCUT2D eigenvalue weighted by Crippen LogP contribution is 2.54. The van der Waals surface area contributed by atoms with Crippen LogP contribution in [0.4, 0.5) is 17.1 Å². The van der Waals surface area contributed by atoms with E-state index < -0.39 is 0 Å². The van der Waals surface area contributed by atoms with Crippen molar-refractivity contribution >= 4 is 17.1 Å². The lowest BCUT2D eigenvalue weighted by Gasteiger charge is -2.29. The molecule has 0 heterocycles. The second-order valence-corrected chi connectivity index (χ2v) is 10.5. The molecule has 0 N–H and O–H groups in total. The van der Waals surface area contributed by atoms with Crippen molar-refractivity contribution in [3.05, 3.63) is 138 Å². The zero-order valence-electron chi connectivity index (χ0n) is 21.4. The van der Waals surface area contributed by atoms with Gasteiger partial charge in [-0.15, -0.1) is 0 Å². The molecular formula is C35H31N. The Morgan fingerprint density at radius 1 is 0.500 bits per heavy atom. The number of nitrogens with zero attached hydrogens (tertiary/aromatic N) is 1. The molecule has 6 rings (SSSR count). The molecule has 36 heavy (non-hydrogen) atoms. The van der Waals surface area contributed by atoms with E-state index in [1.165, 1.54) is 50.2 Å². The van der Waals surface area contributed by atoms with E-state index in [2.05, 4.69) is 148 Å². The average molecular weight is 466 g/mol. The van der Waals surface area contributed by atoms with Crippen LogP contribution in [0.15, 0.2) is 115 Å². The van der Waals surface area contributed by atoms with Gasteiger partial charge in [0.1, 0.15) is 0 Å². The molecule has 1 nitrogen and oxygen atoms in total. The van der Waals surface area contributed by atoms with E-state index in [1.807, 2.05) is 0 Å². The van der Waals surface area contributed by atoms with Gasteiger partial charge >= 0.3 is 0 Å². The van der Waals surface area contributed by atoms with E-state index >= 15 is 0 Å². The summed E-state index contributed by atoms with van der Waals surface area (Å²) < 4.78 is 0. The third-order valence-electron chi connectivity index (χ3n) is 7.59. The van der Waals surface area contributed by atoms with Crippen molar-refractivity contribution in [2.75, 3.05) is 4.90 Å². The van der Waals surface area contributed by atoms with Crippen molar-refractivity contribution in [1.82, 2.24) is 0 Å². The summed E-state index contributed by atoms with van der Waals surface area (Å²) in [5.74, 6) is 0. The first-order chi connectivity index (χ1) is 17.4. The minimum absolute atomic E-state index is 0.0856. The molecule has 176 valence electrons. The van der Waals surface area contributed by atoms with E-state index in [9.17, 15) is 0 Å². The predicted octanol–water partition coefficient (Wildman–Crippen LogP) is 9.75. The molecule has 1 aliphatic carbocycles. The van der Waals surface area contributed by atoms with Gasteiger partial charge in [0.15, 0.2) is 0 Å². The Morgan fingerprint density at radius 2 is 1.06 bits per heavy atom. The standard InChI is InChI=1S/C35H31N/c1-24-14-18-27(19-15-24)36(28-20-16-25(2)17-21-28)29-22-31(26-10-6-5-7-11-26)34-30-12-8-9-13-32(30)35(3,4)33(34)23-29/h5-23H,1-4H3.